The summed E-state index contributed by atoms with van der Waals surface area (Å²) in [7, 11) is 3.50. The van der Waals surface area contributed by atoms with Gasteiger partial charge in [0.25, 0.3) is 5.91 Å². The molecule has 3 aromatic rings. The Labute approximate surface area is 150 Å². The summed E-state index contributed by atoms with van der Waals surface area (Å²) in [6.07, 6.45) is 1.67. The highest BCUT2D eigenvalue weighted by Crippen LogP contribution is 2.24. The molecule has 0 unspecified atom stereocenters. The van der Waals surface area contributed by atoms with E-state index in [-0.39, 0.29) is 12.0 Å². The van der Waals surface area contributed by atoms with Crippen molar-refractivity contribution < 1.29 is 13.9 Å². The molecule has 136 valence electrons. The van der Waals surface area contributed by atoms with Gasteiger partial charge in [0.15, 0.2) is 0 Å². The summed E-state index contributed by atoms with van der Waals surface area (Å²) < 4.78 is 12.6. The third-order valence-corrected chi connectivity index (χ3v) is 3.99. The van der Waals surface area contributed by atoms with Gasteiger partial charge in [-0.25, -0.2) is 4.79 Å². The normalized spacial score (nSPS) is 11.1. The minimum atomic E-state index is -0.573. The lowest BCUT2D eigenvalue weighted by Gasteiger charge is -2.18. The van der Waals surface area contributed by atoms with Gasteiger partial charge >= 0.3 is 5.63 Å². The predicted molar refractivity (Wildman–Crippen MR) is 97.3 cm³/mol. The van der Waals surface area contributed by atoms with Crippen LogP contribution in [-0.4, -0.2) is 33.7 Å². The average molecular weight is 355 g/mol. The smallest absolute Gasteiger partial charge is 0.337 e. The van der Waals surface area contributed by atoms with Gasteiger partial charge in [-0.15, -0.1) is 0 Å². The zero-order chi connectivity index (χ0) is 18.8. The molecule has 26 heavy (non-hydrogen) atoms. The third kappa shape index (κ3) is 3.61. The van der Waals surface area contributed by atoms with E-state index in [1.807, 2.05) is 27.0 Å². The van der Waals surface area contributed by atoms with Crippen molar-refractivity contribution in [1.29, 1.82) is 0 Å². The summed E-state index contributed by atoms with van der Waals surface area (Å²) in [6.45, 7) is 4.20. The molecule has 3 rings (SSSR count). The zero-order valence-electron chi connectivity index (χ0n) is 15.2. The maximum absolute atomic E-state index is 12.9. The van der Waals surface area contributed by atoms with Crippen molar-refractivity contribution >= 4 is 16.9 Å². The SMILES string of the molecule is CC(C)Oc1ccc2c(C(=O)N(C)Cc3ccnn3C)cc(=O)oc2c1. The molecule has 0 aliphatic rings. The molecule has 0 aliphatic heterocycles. The van der Waals surface area contributed by atoms with Crippen LogP contribution in [0.15, 0.2) is 45.7 Å². The molecule has 0 fully saturated rings. The first kappa shape index (κ1) is 17.7. The molecule has 1 amide bonds. The largest absolute Gasteiger partial charge is 0.491 e. The highest BCUT2D eigenvalue weighted by atomic mass is 16.5. The van der Waals surface area contributed by atoms with Crippen LogP contribution in [0.4, 0.5) is 0 Å². The first-order chi connectivity index (χ1) is 12.3. The lowest BCUT2D eigenvalue weighted by molar-refractivity contribution is 0.0783. The fraction of sp³-hybridized carbons (Fsp3) is 0.316. The van der Waals surface area contributed by atoms with Crippen molar-refractivity contribution in [3.05, 3.63) is 58.2 Å². The molecular weight excluding hydrogens is 334 g/mol. The minimum absolute atomic E-state index is 0.00554. The van der Waals surface area contributed by atoms with Gasteiger partial charge in [0.05, 0.1) is 23.9 Å². The number of rotatable bonds is 5. The summed E-state index contributed by atoms with van der Waals surface area (Å²) in [5.41, 5.74) is 0.946. The number of fused-ring (bicyclic) bond motifs is 1. The number of carbonyl (C=O) groups is 1. The van der Waals surface area contributed by atoms with Crippen LogP contribution in [0.1, 0.15) is 29.9 Å². The van der Waals surface area contributed by atoms with Crippen molar-refractivity contribution in [3.8, 4) is 5.75 Å². The summed E-state index contributed by atoms with van der Waals surface area (Å²) in [5, 5.41) is 4.67. The van der Waals surface area contributed by atoms with E-state index in [1.54, 1.807) is 41.0 Å². The van der Waals surface area contributed by atoms with E-state index in [4.69, 9.17) is 9.15 Å². The molecule has 2 heterocycles. The highest BCUT2D eigenvalue weighted by molar-refractivity contribution is 6.05. The Balaban J connectivity index is 1.96. The van der Waals surface area contributed by atoms with Gasteiger partial charge in [-0.1, -0.05) is 0 Å². The standard InChI is InChI=1S/C19H21N3O4/c1-12(2)25-14-5-6-15-16(10-18(23)26-17(15)9-14)19(24)21(3)11-13-7-8-20-22(13)4/h5-10,12H,11H2,1-4H3. The molecule has 0 aliphatic carbocycles. The van der Waals surface area contributed by atoms with Gasteiger partial charge in [0, 0.05) is 37.8 Å². The summed E-state index contributed by atoms with van der Waals surface area (Å²) in [5.74, 6) is 0.324. The molecule has 0 radical (unpaired) electrons. The van der Waals surface area contributed by atoms with E-state index in [1.165, 1.54) is 6.07 Å². The monoisotopic (exact) mass is 355 g/mol. The highest BCUT2D eigenvalue weighted by Gasteiger charge is 2.18. The summed E-state index contributed by atoms with van der Waals surface area (Å²) in [4.78, 5) is 26.4. The van der Waals surface area contributed by atoms with Crippen LogP contribution in [0.2, 0.25) is 0 Å². The number of hydrogen-bond acceptors (Lipinski definition) is 5. The number of ether oxygens (including phenoxy) is 1. The van der Waals surface area contributed by atoms with Gasteiger partial charge < -0.3 is 14.1 Å². The molecule has 0 bridgehead atoms. The van der Waals surface area contributed by atoms with Gasteiger partial charge in [0.1, 0.15) is 11.3 Å². The quantitative estimate of drug-likeness (QED) is 0.658. The number of aromatic nitrogens is 2. The molecule has 0 N–H and O–H groups in total. The van der Waals surface area contributed by atoms with Crippen LogP contribution < -0.4 is 10.4 Å². The molecule has 0 atom stereocenters. The Hall–Kier alpha value is -3.09. The third-order valence-electron chi connectivity index (χ3n) is 3.99. The molecule has 2 aromatic heterocycles. The number of amides is 1. The Kier molecular flexibility index (Phi) is 4.79. The van der Waals surface area contributed by atoms with Crippen LogP contribution >= 0.6 is 0 Å². The van der Waals surface area contributed by atoms with Crippen molar-refractivity contribution in [2.24, 2.45) is 7.05 Å². The molecular formula is C19H21N3O4. The van der Waals surface area contributed by atoms with E-state index in [9.17, 15) is 9.59 Å². The fourth-order valence-corrected chi connectivity index (χ4v) is 2.74. The molecule has 0 spiro atoms. The number of hydrogen-bond donors (Lipinski definition) is 0. The summed E-state index contributed by atoms with van der Waals surface area (Å²) in [6, 6.07) is 8.21. The van der Waals surface area contributed by atoms with Crippen molar-refractivity contribution in [1.82, 2.24) is 14.7 Å². The number of benzene rings is 1. The van der Waals surface area contributed by atoms with E-state index in [0.717, 1.165) is 5.69 Å². The molecule has 0 saturated carbocycles. The zero-order valence-corrected chi connectivity index (χ0v) is 15.2. The van der Waals surface area contributed by atoms with E-state index in [0.29, 0.717) is 28.8 Å². The second kappa shape index (κ2) is 7.03. The number of nitrogens with zero attached hydrogens (tertiary/aromatic N) is 3. The molecule has 7 heteroatoms. The Bertz CT molecular complexity index is 1000. The van der Waals surface area contributed by atoms with Gasteiger partial charge in [-0.3, -0.25) is 9.48 Å². The van der Waals surface area contributed by atoms with Crippen LogP contribution in [0, 0.1) is 0 Å². The Morgan fingerprint density at radius 1 is 1.31 bits per heavy atom. The van der Waals surface area contributed by atoms with Gasteiger partial charge in [-0.2, -0.15) is 5.10 Å². The maximum atomic E-state index is 12.9. The lowest BCUT2D eigenvalue weighted by Crippen LogP contribution is -2.28. The fourth-order valence-electron chi connectivity index (χ4n) is 2.74. The lowest BCUT2D eigenvalue weighted by atomic mass is 10.1. The molecule has 0 saturated heterocycles. The van der Waals surface area contributed by atoms with Crippen LogP contribution in [-0.2, 0) is 13.6 Å². The second-order valence-electron chi connectivity index (χ2n) is 6.41. The van der Waals surface area contributed by atoms with Gasteiger partial charge in [-0.05, 0) is 32.0 Å². The number of aryl methyl sites for hydroxylation is 1. The van der Waals surface area contributed by atoms with E-state index >= 15 is 0 Å². The first-order valence-electron chi connectivity index (χ1n) is 8.32. The van der Waals surface area contributed by atoms with E-state index < -0.39 is 5.63 Å². The second-order valence-corrected chi connectivity index (χ2v) is 6.41. The topological polar surface area (TPSA) is 77.6 Å². The number of carbonyl (C=O) groups excluding carboxylic acids is 1. The van der Waals surface area contributed by atoms with Crippen molar-refractivity contribution in [3.63, 3.8) is 0 Å². The van der Waals surface area contributed by atoms with Crippen molar-refractivity contribution in [2.75, 3.05) is 7.05 Å². The van der Waals surface area contributed by atoms with Gasteiger partial charge in [0.2, 0.25) is 0 Å². The molecule has 1 aromatic carbocycles. The first-order valence-corrected chi connectivity index (χ1v) is 8.32. The minimum Gasteiger partial charge on any atom is -0.491 e. The molecule has 7 nitrogen and oxygen atoms in total. The summed E-state index contributed by atoms with van der Waals surface area (Å²) >= 11 is 0. The van der Waals surface area contributed by atoms with Crippen LogP contribution in [0.25, 0.3) is 11.0 Å². The maximum Gasteiger partial charge on any atom is 0.337 e. The average Bonchev–Trinajstić information content (AvgIpc) is 2.97. The van der Waals surface area contributed by atoms with Crippen LogP contribution in [0.5, 0.6) is 5.75 Å². The Morgan fingerprint density at radius 2 is 2.08 bits per heavy atom. The van der Waals surface area contributed by atoms with E-state index in [2.05, 4.69) is 5.10 Å². The van der Waals surface area contributed by atoms with Crippen LogP contribution in [0.3, 0.4) is 0 Å². The Morgan fingerprint density at radius 3 is 2.73 bits per heavy atom. The predicted octanol–water partition coefficient (Wildman–Crippen LogP) is 2.59. The van der Waals surface area contributed by atoms with Crippen molar-refractivity contribution in [2.45, 2.75) is 26.5 Å².